The highest BCUT2D eigenvalue weighted by atomic mass is 79.9. The normalized spacial score (nSPS) is 11.5. The van der Waals surface area contributed by atoms with Crippen molar-refractivity contribution in [1.29, 1.82) is 0 Å². The number of hydrogen-bond donors (Lipinski definition) is 1. The molecular formula is C17H11Br2FN2O2S. The van der Waals surface area contributed by atoms with Crippen LogP contribution < -0.4 is 5.14 Å². The summed E-state index contributed by atoms with van der Waals surface area (Å²) in [7, 11) is -4.11. The summed E-state index contributed by atoms with van der Waals surface area (Å²) in [6.07, 6.45) is 1.59. The first-order valence-electron chi connectivity index (χ1n) is 7.00. The molecular weight excluding hydrogens is 475 g/mol. The Hall–Kier alpha value is -1.61. The smallest absolute Gasteiger partial charge is 0.240 e. The summed E-state index contributed by atoms with van der Waals surface area (Å²) < 4.78 is 38.7. The zero-order valence-corrected chi connectivity index (χ0v) is 16.6. The van der Waals surface area contributed by atoms with Gasteiger partial charge in [-0.1, -0.05) is 44.0 Å². The predicted molar refractivity (Wildman–Crippen MR) is 102 cm³/mol. The zero-order valence-electron chi connectivity index (χ0n) is 12.6. The van der Waals surface area contributed by atoms with Crippen LogP contribution in [-0.2, 0) is 10.0 Å². The van der Waals surface area contributed by atoms with E-state index in [4.69, 9.17) is 5.14 Å². The lowest BCUT2D eigenvalue weighted by molar-refractivity contribution is 0.568. The molecule has 0 aliphatic carbocycles. The number of hydrogen-bond acceptors (Lipinski definition) is 3. The van der Waals surface area contributed by atoms with Crippen molar-refractivity contribution >= 4 is 41.9 Å². The van der Waals surface area contributed by atoms with Gasteiger partial charge >= 0.3 is 0 Å². The van der Waals surface area contributed by atoms with E-state index in [2.05, 4.69) is 36.8 Å². The molecule has 0 spiro atoms. The van der Waals surface area contributed by atoms with E-state index in [0.29, 0.717) is 11.3 Å². The van der Waals surface area contributed by atoms with Gasteiger partial charge < -0.3 is 0 Å². The molecule has 2 aromatic carbocycles. The van der Waals surface area contributed by atoms with Gasteiger partial charge in [-0.05, 0) is 42.0 Å². The standard InChI is InChI=1S/C17H11Br2FN2O2S/c18-12-6-11(7-13(19)9-12)14-2-1-5-22-17(14)10-3-4-16(15(20)8-10)25(21,23)24/h1-9H,(H2,21,23,24). The first-order valence-corrected chi connectivity index (χ1v) is 10.1. The minimum Gasteiger partial charge on any atom is -0.256 e. The summed E-state index contributed by atoms with van der Waals surface area (Å²) in [6, 6.07) is 13.1. The van der Waals surface area contributed by atoms with Crippen molar-refractivity contribution in [3.63, 3.8) is 0 Å². The summed E-state index contributed by atoms with van der Waals surface area (Å²) in [5, 5.41) is 5.01. The first-order chi connectivity index (χ1) is 11.8. The minimum absolute atomic E-state index is 0.455. The fourth-order valence-electron chi connectivity index (χ4n) is 2.46. The maximum absolute atomic E-state index is 14.2. The Balaban J connectivity index is 2.18. The highest BCUT2D eigenvalue weighted by Gasteiger charge is 2.17. The third-order valence-electron chi connectivity index (χ3n) is 3.49. The van der Waals surface area contributed by atoms with Crippen molar-refractivity contribution in [1.82, 2.24) is 4.98 Å². The molecule has 0 unspecified atom stereocenters. The van der Waals surface area contributed by atoms with Crippen LogP contribution in [0.2, 0.25) is 0 Å². The molecule has 0 radical (unpaired) electrons. The van der Waals surface area contributed by atoms with Crippen LogP contribution in [0.1, 0.15) is 0 Å². The van der Waals surface area contributed by atoms with Crippen LogP contribution in [0.4, 0.5) is 4.39 Å². The Bertz CT molecular complexity index is 1050. The van der Waals surface area contributed by atoms with Crippen molar-refractivity contribution < 1.29 is 12.8 Å². The van der Waals surface area contributed by atoms with E-state index in [1.807, 2.05) is 24.3 Å². The number of pyridine rings is 1. The second kappa shape index (κ2) is 6.95. The molecule has 0 saturated heterocycles. The Morgan fingerprint density at radius 2 is 1.64 bits per heavy atom. The molecule has 1 aromatic heterocycles. The molecule has 2 N–H and O–H groups in total. The highest BCUT2D eigenvalue weighted by Crippen LogP contribution is 2.34. The highest BCUT2D eigenvalue weighted by molar-refractivity contribution is 9.11. The van der Waals surface area contributed by atoms with Crippen LogP contribution in [0, 0.1) is 5.82 Å². The van der Waals surface area contributed by atoms with E-state index in [0.717, 1.165) is 32.2 Å². The lowest BCUT2D eigenvalue weighted by Gasteiger charge is -2.11. The molecule has 0 aliphatic rings. The maximum atomic E-state index is 14.2. The molecule has 3 rings (SSSR count). The van der Waals surface area contributed by atoms with Gasteiger partial charge in [0.25, 0.3) is 0 Å². The second-order valence-electron chi connectivity index (χ2n) is 5.25. The molecule has 3 aromatic rings. The van der Waals surface area contributed by atoms with Crippen LogP contribution in [-0.4, -0.2) is 13.4 Å². The van der Waals surface area contributed by atoms with Gasteiger partial charge in [-0.15, -0.1) is 0 Å². The fraction of sp³-hybridized carbons (Fsp3) is 0. The topological polar surface area (TPSA) is 73.1 Å². The predicted octanol–water partition coefficient (Wildman–Crippen LogP) is 4.73. The molecule has 8 heteroatoms. The molecule has 0 saturated carbocycles. The summed E-state index contributed by atoms with van der Waals surface area (Å²) in [4.78, 5) is 3.80. The lowest BCUT2D eigenvalue weighted by atomic mass is 9.99. The van der Waals surface area contributed by atoms with Gasteiger partial charge in [-0.2, -0.15) is 0 Å². The van der Waals surface area contributed by atoms with Crippen molar-refractivity contribution in [2.45, 2.75) is 4.90 Å². The molecule has 128 valence electrons. The number of sulfonamides is 1. The summed E-state index contributed by atoms with van der Waals surface area (Å²) in [5.74, 6) is -0.910. The number of nitrogens with two attached hydrogens (primary N) is 1. The molecule has 0 aliphatic heterocycles. The van der Waals surface area contributed by atoms with E-state index in [1.54, 1.807) is 12.3 Å². The minimum atomic E-state index is -4.11. The quantitative estimate of drug-likeness (QED) is 0.582. The number of aromatic nitrogens is 1. The van der Waals surface area contributed by atoms with Crippen LogP contribution in [0.3, 0.4) is 0 Å². The lowest BCUT2D eigenvalue weighted by Crippen LogP contribution is -2.14. The zero-order chi connectivity index (χ0) is 18.2. The van der Waals surface area contributed by atoms with E-state index in [-0.39, 0.29) is 0 Å². The molecule has 0 fully saturated rings. The summed E-state index contributed by atoms with van der Waals surface area (Å²) in [6.45, 7) is 0. The van der Waals surface area contributed by atoms with Crippen molar-refractivity contribution in [2.24, 2.45) is 5.14 Å². The largest absolute Gasteiger partial charge is 0.256 e. The Kier molecular flexibility index (Phi) is 5.06. The number of rotatable bonds is 3. The van der Waals surface area contributed by atoms with Crippen molar-refractivity contribution in [2.75, 3.05) is 0 Å². The van der Waals surface area contributed by atoms with Crippen molar-refractivity contribution in [3.05, 3.63) is 69.5 Å². The van der Waals surface area contributed by atoms with Gasteiger partial charge in [-0.3, -0.25) is 4.98 Å². The van der Waals surface area contributed by atoms with Gasteiger partial charge in [0, 0.05) is 26.3 Å². The SMILES string of the molecule is NS(=O)(=O)c1ccc(-c2ncccc2-c2cc(Br)cc(Br)c2)cc1F. The third-order valence-corrected chi connectivity index (χ3v) is 5.35. The maximum Gasteiger partial charge on any atom is 0.240 e. The van der Waals surface area contributed by atoms with E-state index in [9.17, 15) is 12.8 Å². The Morgan fingerprint density at radius 3 is 2.24 bits per heavy atom. The molecule has 1 heterocycles. The Labute approximate surface area is 161 Å². The second-order valence-corrected chi connectivity index (χ2v) is 8.61. The summed E-state index contributed by atoms with van der Waals surface area (Å²) in [5.41, 5.74) is 2.65. The molecule has 25 heavy (non-hydrogen) atoms. The Morgan fingerprint density at radius 1 is 0.960 bits per heavy atom. The molecule has 0 bridgehead atoms. The fourth-order valence-corrected chi connectivity index (χ4v) is 4.34. The molecule has 0 amide bonds. The van der Waals surface area contributed by atoms with Gasteiger partial charge in [0.2, 0.25) is 10.0 Å². The molecule has 4 nitrogen and oxygen atoms in total. The van der Waals surface area contributed by atoms with Crippen LogP contribution >= 0.6 is 31.9 Å². The van der Waals surface area contributed by atoms with Crippen LogP contribution in [0.25, 0.3) is 22.4 Å². The van der Waals surface area contributed by atoms with E-state index in [1.165, 1.54) is 6.07 Å². The van der Waals surface area contributed by atoms with E-state index >= 15 is 0 Å². The van der Waals surface area contributed by atoms with Crippen molar-refractivity contribution in [3.8, 4) is 22.4 Å². The molecule has 0 atom stereocenters. The van der Waals surface area contributed by atoms with Gasteiger partial charge in [0.15, 0.2) is 0 Å². The summed E-state index contributed by atoms with van der Waals surface area (Å²) >= 11 is 6.89. The van der Waals surface area contributed by atoms with E-state index < -0.39 is 20.7 Å². The number of primary sulfonamides is 1. The third kappa shape index (κ3) is 3.98. The number of benzene rings is 2. The average Bonchev–Trinajstić information content (AvgIpc) is 2.52. The first kappa shape index (κ1) is 18.2. The monoisotopic (exact) mass is 484 g/mol. The van der Waals surface area contributed by atoms with Gasteiger partial charge in [0.05, 0.1) is 5.69 Å². The van der Waals surface area contributed by atoms with Crippen LogP contribution in [0.5, 0.6) is 0 Å². The van der Waals surface area contributed by atoms with Crippen LogP contribution in [0.15, 0.2) is 68.6 Å². The number of nitrogens with zero attached hydrogens (tertiary/aromatic N) is 1. The number of halogens is 3. The average molecular weight is 486 g/mol. The van der Waals surface area contributed by atoms with Gasteiger partial charge in [-0.25, -0.2) is 17.9 Å². The van der Waals surface area contributed by atoms with Gasteiger partial charge in [0.1, 0.15) is 10.7 Å².